The van der Waals surface area contributed by atoms with Crippen molar-refractivity contribution in [3.05, 3.63) is 52.6 Å². The molecule has 1 saturated heterocycles. The predicted octanol–water partition coefficient (Wildman–Crippen LogP) is 3.48. The molecule has 2 heterocycles. The summed E-state index contributed by atoms with van der Waals surface area (Å²) in [5.41, 5.74) is 0.977. The Hall–Kier alpha value is -2.38. The summed E-state index contributed by atoms with van der Waals surface area (Å²) >= 11 is 6.31. The summed E-state index contributed by atoms with van der Waals surface area (Å²) in [6.07, 6.45) is 1.65. The molecule has 1 aromatic carbocycles. The van der Waals surface area contributed by atoms with E-state index in [4.69, 9.17) is 21.7 Å². The van der Waals surface area contributed by atoms with Crippen molar-refractivity contribution in [1.29, 1.82) is 0 Å². The van der Waals surface area contributed by atoms with Gasteiger partial charge < -0.3 is 9.52 Å². The normalized spacial score (nSPS) is 16.4. The molecule has 0 spiro atoms. The number of hydrogen-bond donors (Lipinski definition) is 1. The molecule has 116 valence electrons. The molecule has 1 aromatic heterocycles. The zero-order valence-electron chi connectivity index (χ0n) is 12.0. The molecule has 0 aliphatic carbocycles. The number of carboxylic acids is 1. The summed E-state index contributed by atoms with van der Waals surface area (Å²) in [5, 5.41) is 8.90. The van der Waals surface area contributed by atoms with Gasteiger partial charge >= 0.3 is 5.97 Å². The van der Waals surface area contributed by atoms with Gasteiger partial charge in [0.2, 0.25) is 0 Å². The fourth-order valence-corrected chi connectivity index (χ4v) is 3.20. The lowest BCUT2D eigenvalue weighted by molar-refractivity contribution is -0.121. The van der Waals surface area contributed by atoms with Gasteiger partial charge in [-0.05, 0) is 24.3 Å². The number of aromatic carboxylic acids is 1. The molecule has 23 heavy (non-hydrogen) atoms. The van der Waals surface area contributed by atoms with E-state index in [1.807, 2.05) is 0 Å². The van der Waals surface area contributed by atoms with E-state index in [9.17, 15) is 9.59 Å². The second-order valence-electron chi connectivity index (χ2n) is 4.83. The first-order chi connectivity index (χ1) is 11.0. The zero-order valence-corrected chi connectivity index (χ0v) is 13.6. The monoisotopic (exact) mass is 345 g/mol. The van der Waals surface area contributed by atoms with Crippen molar-refractivity contribution in [2.45, 2.75) is 0 Å². The molecule has 7 heteroatoms. The van der Waals surface area contributed by atoms with Crippen LogP contribution in [0.15, 0.2) is 45.7 Å². The Labute approximate surface area is 141 Å². The lowest BCUT2D eigenvalue weighted by Crippen LogP contribution is -2.22. The Morgan fingerprint density at radius 2 is 1.96 bits per heavy atom. The number of rotatable bonds is 3. The fraction of sp³-hybridized carbons (Fsp3) is 0.0625. The van der Waals surface area contributed by atoms with Crippen molar-refractivity contribution in [1.82, 2.24) is 4.90 Å². The third kappa shape index (κ3) is 3.06. The van der Waals surface area contributed by atoms with Crippen LogP contribution < -0.4 is 0 Å². The molecule has 1 amide bonds. The van der Waals surface area contributed by atoms with Crippen LogP contribution >= 0.6 is 24.0 Å². The van der Waals surface area contributed by atoms with Crippen LogP contribution in [0.4, 0.5) is 0 Å². The van der Waals surface area contributed by atoms with Gasteiger partial charge in [-0.3, -0.25) is 9.69 Å². The number of carbonyl (C=O) groups excluding carboxylic acids is 1. The van der Waals surface area contributed by atoms with E-state index in [-0.39, 0.29) is 11.5 Å². The van der Waals surface area contributed by atoms with E-state index in [1.54, 1.807) is 37.4 Å². The molecule has 1 aliphatic rings. The van der Waals surface area contributed by atoms with Gasteiger partial charge in [-0.15, -0.1) is 0 Å². The van der Waals surface area contributed by atoms with Crippen molar-refractivity contribution in [2.75, 3.05) is 7.05 Å². The number of likely N-dealkylation sites (N-methyl/N-ethyl adjacent to an activating group) is 1. The highest BCUT2D eigenvalue weighted by Crippen LogP contribution is 2.32. The molecule has 0 bridgehead atoms. The van der Waals surface area contributed by atoms with Crippen LogP contribution in [0, 0.1) is 0 Å². The minimum absolute atomic E-state index is 0.149. The molecule has 1 fully saturated rings. The molecule has 2 aromatic rings. The zero-order chi connectivity index (χ0) is 16.6. The second kappa shape index (κ2) is 6.02. The molecular weight excluding hydrogens is 334 g/mol. The van der Waals surface area contributed by atoms with Crippen LogP contribution in [0.1, 0.15) is 16.1 Å². The Morgan fingerprint density at radius 3 is 2.52 bits per heavy atom. The Morgan fingerprint density at radius 1 is 1.26 bits per heavy atom. The fourth-order valence-electron chi connectivity index (χ4n) is 2.04. The highest BCUT2D eigenvalue weighted by molar-refractivity contribution is 8.26. The van der Waals surface area contributed by atoms with E-state index in [0.717, 1.165) is 5.56 Å². The molecule has 0 radical (unpaired) electrons. The van der Waals surface area contributed by atoms with Crippen LogP contribution in [0.5, 0.6) is 0 Å². The van der Waals surface area contributed by atoms with Crippen LogP contribution in [0.25, 0.3) is 17.4 Å². The number of thiocarbonyl (C=S) groups is 1. The van der Waals surface area contributed by atoms with E-state index in [1.165, 1.54) is 28.8 Å². The Balaban J connectivity index is 1.85. The maximum atomic E-state index is 12.0. The Bertz CT molecular complexity index is 836. The predicted molar refractivity (Wildman–Crippen MR) is 92.0 cm³/mol. The van der Waals surface area contributed by atoms with Gasteiger partial charge in [0.05, 0.1) is 10.5 Å². The van der Waals surface area contributed by atoms with E-state index < -0.39 is 5.97 Å². The molecule has 0 unspecified atom stereocenters. The van der Waals surface area contributed by atoms with Crippen molar-refractivity contribution in [3.63, 3.8) is 0 Å². The van der Waals surface area contributed by atoms with Crippen LogP contribution in [-0.4, -0.2) is 33.3 Å². The molecule has 0 saturated carbocycles. The number of thioether (sulfide) groups is 1. The number of nitrogens with zero attached hydrogens (tertiary/aromatic N) is 1. The first-order valence-corrected chi connectivity index (χ1v) is 7.83. The maximum absolute atomic E-state index is 12.0. The standard InChI is InChI=1S/C16H11NO4S2/c1-17-14(18)13(23-16(17)22)8-11-6-7-12(21-11)9-2-4-10(5-3-9)15(19)20/h2-8H,1H3,(H,19,20)/b13-8-. The first kappa shape index (κ1) is 15.5. The average molecular weight is 345 g/mol. The number of furan rings is 1. The molecule has 5 nitrogen and oxygen atoms in total. The minimum Gasteiger partial charge on any atom is -0.478 e. The summed E-state index contributed by atoms with van der Waals surface area (Å²) in [5.74, 6) is 0.0125. The minimum atomic E-state index is -0.974. The lowest BCUT2D eigenvalue weighted by atomic mass is 10.1. The van der Waals surface area contributed by atoms with Gasteiger partial charge in [-0.1, -0.05) is 36.1 Å². The molecule has 1 aliphatic heterocycles. The van der Waals surface area contributed by atoms with Crippen molar-refractivity contribution >= 4 is 46.3 Å². The number of carbonyl (C=O) groups is 2. The van der Waals surface area contributed by atoms with Crippen molar-refractivity contribution in [2.24, 2.45) is 0 Å². The van der Waals surface area contributed by atoms with E-state index in [0.29, 0.717) is 20.7 Å². The highest BCUT2D eigenvalue weighted by Gasteiger charge is 2.29. The van der Waals surface area contributed by atoms with Gasteiger partial charge in [0.1, 0.15) is 15.8 Å². The summed E-state index contributed by atoms with van der Waals surface area (Å²) < 4.78 is 6.21. The summed E-state index contributed by atoms with van der Waals surface area (Å²) in [7, 11) is 1.63. The van der Waals surface area contributed by atoms with Crippen molar-refractivity contribution in [3.8, 4) is 11.3 Å². The van der Waals surface area contributed by atoms with Gasteiger partial charge in [-0.25, -0.2) is 4.79 Å². The number of benzene rings is 1. The first-order valence-electron chi connectivity index (χ1n) is 6.61. The molecular formula is C16H11NO4S2. The summed E-state index contributed by atoms with van der Waals surface area (Å²) in [6, 6.07) is 9.91. The van der Waals surface area contributed by atoms with Crippen LogP contribution in [-0.2, 0) is 4.79 Å². The van der Waals surface area contributed by atoms with Crippen LogP contribution in [0.3, 0.4) is 0 Å². The second-order valence-corrected chi connectivity index (χ2v) is 6.50. The van der Waals surface area contributed by atoms with E-state index >= 15 is 0 Å². The topological polar surface area (TPSA) is 70.8 Å². The summed E-state index contributed by atoms with van der Waals surface area (Å²) in [4.78, 5) is 24.7. The molecule has 1 N–H and O–H groups in total. The maximum Gasteiger partial charge on any atom is 0.335 e. The van der Waals surface area contributed by atoms with Gasteiger partial charge in [0, 0.05) is 18.7 Å². The lowest BCUT2D eigenvalue weighted by Gasteiger charge is -2.03. The van der Waals surface area contributed by atoms with Crippen molar-refractivity contribution < 1.29 is 19.1 Å². The Kier molecular flexibility index (Phi) is 4.06. The number of hydrogen-bond acceptors (Lipinski definition) is 5. The molecule has 3 rings (SSSR count). The van der Waals surface area contributed by atoms with E-state index in [2.05, 4.69) is 0 Å². The average Bonchev–Trinajstić information content (AvgIpc) is 3.09. The van der Waals surface area contributed by atoms with Gasteiger partial charge in [0.25, 0.3) is 5.91 Å². The largest absolute Gasteiger partial charge is 0.478 e. The van der Waals surface area contributed by atoms with Gasteiger partial charge in [-0.2, -0.15) is 0 Å². The molecule has 0 atom stereocenters. The summed E-state index contributed by atoms with van der Waals surface area (Å²) in [6.45, 7) is 0. The van der Waals surface area contributed by atoms with Crippen LogP contribution in [0.2, 0.25) is 0 Å². The SMILES string of the molecule is CN1C(=O)/C(=C/c2ccc(-c3ccc(C(=O)O)cc3)o2)SC1=S. The quantitative estimate of drug-likeness (QED) is 0.678. The third-order valence-corrected chi connectivity index (χ3v) is 4.79. The number of amides is 1. The smallest absolute Gasteiger partial charge is 0.335 e. The third-order valence-electron chi connectivity index (χ3n) is 3.30. The highest BCUT2D eigenvalue weighted by atomic mass is 32.2. The van der Waals surface area contributed by atoms with Gasteiger partial charge in [0.15, 0.2) is 0 Å². The number of carboxylic acid groups (broad SMARTS) is 1.